The van der Waals surface area contributed by atoms with Crippen LogP contribution in [0.3, 0.4) is 0 Å². The average molecular weight is 302 g/mol. The van der Waals surface area contributed by atoms with Crippen molar-refractivity contribution < 1.29 is 4.79 Å². The van der Waals surface area contributed by atoms with Crippen molar-refractivity contribution in [3.05, 3.63) is 29.8 Å². The Kier molecular flexibility index (Phi) is 5.81. The minimum atomic E-state index is 0.212. The van der Waals surface area contributed by atoms with Crippen LogP contribution in [0.5, 0.6) is 0 Å². The standard InChI is InChI=1S/C17H26N4O/c1-13(2)9-10-19-17(18)20-12-14-5-7-15(8-6-14)21-11-3-4-16(21)22/h5-8,13H,3-4,9-12H2,1-2H3,(H3,18,19,20). The second-order valence-electron chi connectivity index (χ2n) is 6.13. The van der Waals surface area contributed by atoms with E-state index in [0.717, 1.165) is 37.2 Å². The molecular weight excluding hydrogens is 276 g/mol. The van der Waals surface area contributed by atoms with Gasteiger partial charge in [0.05, 0.1) is 6.54 Å². The van der Waals surface area contributed by atoms with Gasteiger partial charge in [0.15, 0.2) is 5.96 Å². The summed E-state index contributed by atoms with van der Waals surface area (Å²) in [6.45, 7) is 6.59. The fraction of sp³-hybridized carbons (Fsp3) is 0.529. The number of hydrogen-bond acceptors (Lipinski definition) is 2. The molecule has 120 valence electrons. The lowest BCUT2D eigenvalue weighted by atomic mass is 10.1. The molecule has 0 spiro atoms. The lowest BCUT2D eigenvalue weighted by Gasteiger charge is -2.15. The zero-order valence-corrected chi connectivity index (χ0v) is 13.5. The van der Waals surface area contributed by atoms with Gasteiger partial charge in [0.2, 0.25) is 5.91 Å². The number of aliphatic imine (C=N–C) groups is 1. The molecule has 1 aromatic carbocycles. The number of carbonyl (C=O) groups is 1. The predicted octanol–water partition coefficient (Wildman–Crippen LogP) is 2.26. The van der Waals surface area contributed by atoms with E-state index in [9.17, 15) is 4.79 Å². The van der Waals surface area contributed by atoms with Crippen molar-refractivity contribution in [2.45, 2.75) is 39.7 Å². The van der Waals surface area contributed by atoms with Gasteiger partial charge in [-0.1, -0.05) is 26.0 Å². The molecule has 0 atom stereocenters. The van der Waals surface area contributed by atoms with E-state index in [-0.39, 0.29) is 5.91 Å². The topological polar surface area (TPSA) is 70.7 Å². The minimum absolute atomic E-state index is 0.212. The van der Waals surface area contributed by atoms with Gasteiger partial charge in [0.25, 0.3) is 0 Å². The highest BCUT2D eigenvalue weighted by Gasteiger charge is 2.21. The molecule has 3 N–H and O–H groups in total. The number of nitrogens with zero attached hydrogens (tertiary/aromatic N) is 2. The zero-order valence-electron chi connectivity index (χ0n) is 13.5. The Morgan fingerprint density at radius 2 is 2.09 bits per heavy atom. The summed E-state index contributed by atoms with van der Waals surface area (Å²) in [5.74, 6) is 1.35. The summed E-state index contributed by atoms with van der Waals surface area (Å²) >= 11 is 0. The van der Waals surface area contributed by atoms with E-state index in [1.54, 1.807) is 0 Å². The van der Waals surface area contributed by atoms with Crippen molar-refractivity contribution in [3.63, 3.8) is 0 Å². The lowest BCUT2D eigenvalue weighted by Crippen LogP contribution is -2.32. The molecule has 5 nitrogen and oxygen atoms in total. The normalized spacial score (nSPS) is 15.7. The fourth-order valence-electron chi connectivity index (χ4n) is 2.42. The van der Waals surface area contributed by atoms with Gasteiger partial charge in [-0.25, -0.2) is 4.99 Å². The first-order valence-corrected chi connectivity index (χ1v) is 7.99. The highest BCUT2D eigenvalue weighted by Crippen LogP contribution is 2.21. The molecule has 1 aliphatic heterocycles. The smallest absolute Gasteiger partial charge is 0.227 e. The molecule has 0 aromatic heterocycles. The Morgan fingerprint density at radius 1 is 1.36 bits per heavy atom. The number of amides is 1. The maximum Gasteiger partial charge on any atom is 0.227 e. The Morgan fingerprint density at radius 3 is 2.68 bits per heavy atom. The molecule has 1 fully saturated rings. The number of anilines is 1. The van der Waals surface area contributed by atoms with Gasteiger partial charge in [-0.3, -0.25) is 4.79 Å². The molecule has 1 aromatic rings. The minimum Gasteiger partial charge on any atom is -0.370 e. The van der Waals surface area contributed by atoms with Crippen LogP contribution in [0.1, 0.15) is 38.7 Å². The number of nitrogens with two attached hydrogens (primary N) is 1. The number of hydrogen-bond donors (Lipinski definition) is 2. The molecule has 0 saturated carbocycles. The quantitative estimate of drug-likeness (QED) is 0.625. The van der Waals surface area contributed by atoms with Crippen molar-refractivity contribution in [3.8, 4) is 0 Å². The van der Waals surface area contributed by atoms with E-state index in [0.29, 0.717) is 24.8 Å². The molecule has 0 unspecified atom stereocenters. The van der Waals surface area contributed by atoms with Gasteiger partial charge < -0.3 is 16.0 Å². The highest BCUT2D eigenvalue weighted by atomic mass is 16.2. The van der Waals surface area contributed by atoms with Crippen LogP contribution in [0.4, 0.5) is 5.69 Å². The Bertz CT molecular complexity index is 522. The second kappa shape index (κ2) is 7.82. The molecule has 5 heteroatoms. The van der Waals surface area contributed by atoms with E-state index < -0.39 is 0 Å². The van der Waals surface area contributed by atoms with Gasteiger partial charge in [0, 0.05) is 25.2 Å². The van der Waals surface area contributed by atoms with E-state index >= 15 is 0 Å². The van der Waals surface area contributed by atoms with E-state index in [1.807, 2.05) is 29.2 Å². The highest BCUT2D eigenvalue weighted by molar-refractivity contribution is 5.95. The van der Waals surface area contributed by atoms with Crippen LogP contribution in [0, 0.1) is 5.92 Å². The van der Waals surface area contributed by atoms with Crippen LogP contribution < -0.4 is 16.0 Å². The van der Waals surface area contributed by atoms with Crippen molar-refractivity contribution >= 4 is 17.6 Å². The summed E-state index contributed by atoms with van der Waals surface area (Å²) < 4.78 is 0. The molecule has 22 heavy (non-hydrogen) atoms. The van der Waals surface area contributed by atoms with Crippen molar-refractivity contribution in [1.82, 2.24) is 5.32 Å². The maximum absolute atomic E-state index is 11.7. The third kappa shape index (κ3) is 4.76. The van der Waals surface area contributed by atoms with Crippen molar-refractivity contribution in [2.75, 3.05) is 18.0 Å². The number of guanidine groups is 1. The van der Waals surface area contributed by atoms with E-state index in [2.05, 4.69) is 24.2 Å². The van der Waals surface area contributed by atoms with Crippen LogP contribution >= 0.6 is 0 Å². The van der Waals surface area contributed by atoms with Gasteiger partial charge >= 0.3 is 0 Å². The maximum atomic E-state index is 11.7. The van der Waals surface area contributed by atoms with Gasteiger partial charge in [-0.15, -0.1) is 0 Å². The summed E-state index contributed by atoms with van der Waals surface area (Å²) in [5, 5.41) is 3.12. The fourth-order valence-corrected chi connectivity index (χ4v) is 2.42. The molecule has 2 rings (SSSR count). The summed E-state index contributed by atoms with van der Waals surface area (Å²) in [6.07, 6.45) is 2.68. The number of rotatable bonds is 6. The molecule has 0 aliphatic carbocycles. The zero-order chi connectivity index (χ0) is 15.9. The third-order valence-electron chi connectivity index (χ3n) is 3.78. The summed E-state index contributed by atoms with van der Waals surface area (Å²) in [7, 11) is 0. The molecule has 0 bridgehead atoms. The summed E-state index contributed by atoms with van der Waals surface area (Å²) in [4.78, 5) is 17.9. The molecule has 1 saturated heterocycles. The second-order valence-corrected chi connectivity index (χ2v) is 6.13. The van der Waals surface area contributed by atoms with Crippen molar-refractivity contribution in [2.24, 2.45) is 16.6 Å². The molecule has 0 radical (unpaired) electrons. The first kappa shape index (κ1) is 16.3. The van der Waals surface area contributed by atoms with Gasteiger partial charge in [-0.2, -0.15) is 0 Å². The average Bonchev–Trinajstić information content (AvgIpc) is 2.91. The van der Waals surface area contributed by atoms with E-state index in [1.165, 1.54) is 0 Å². The SMILES string of the molecule is CC(C)CCNC(N)=NCc1ccc(N2CCCC2=O)cc1. The van der Waals surface area contributed by atoms with Gasteiger partial charge in [-0.05, 0) is 36.5 Å². The summed E-state index contributed by atoms with van der Waals surface area (Å²) in [6, 6.07) is 7.98. The first-order chi connectivity index (χ1) is 10.6. The number of nitrogens with one attached hydrogen (secondary N) is 1. The predicted molar refractivity (Wildman–Crippen MR) is 90.8 cm³/mol. The van der Waals surface area contributed by atoms with E-state index in [4.69, 9.17) is 5.73 Å². The Balaban J connectivity index is 1.84. The molecule has 1 heterocycles. The van der Waals surface area contributed by atoms with Crippen LogP contribution in [0.15, 0.2) is 29.3 Å². The van der Waals surface area contributed by atoms with Crippen LogP contribution in [0.25, 0.3) is 0 Å². The van der Waals surface area contributed by atoms with Crippen LogP contribution in [0.2, 0.25) is 0 Å². The molecular formula is C17H26N4O. The third-order valence-corrected chi connectivity index (χ3v) is 3.78. The number of benzene rings is 1. The summed E-state index contributed by atoms with van der Waals surface area (Å²) in [5.41, 5.74) is 7.90. The number of carbonyl (C=O) groups excluding carboxylic acids is 1. The first-order valence-electron chi connectivity index (χ1n) is 7.99. The Hall–Kier alpha value is -2.04. The lowest BCUT2D eigenvalue weighted by molar-refractivity contribution is -0.117. The molecule has 1 amide bonds. The van der Waals surface area contributed by atoms with Crippen molar-refractivity contribution in [1.29, 1.82) is 0 Å². The van der Waals surface area contributed by atoms with Crippen LogP contribution in [-0.2, 0) is 11.3 Å². The van der Waals surface area contributed by atoms with Gasteiger partial charge in [0.1, 0.15) is 0 Å². The Labute approximate surface area is 132 Å². The van der Waals surface area contributed by atoms with Crippen LogP contribution in [-0.4, -0.2) is 25.0 Å². The monoisotopic (exact) mass is 302 g/mol. The largest absolute Gasteiger partial charge is 0.370 e. The molecule has 1 aliphatic rings.